The zero-order valence-electron chi connectivity index (χ0n) is 21.6. The van der Waals surface area contributed by atoms with Crippen LogP contribution in [0.15, 0.2) is 162 Å². The number of benzene rings is 5. The summed E-state index contributed by atoms with van der Waals surface area (Å²) in [6.07, 6.45) is 0. The maximum Gasteiger partial charge on any atom is 0.277 e. The van der Waals surface area contributed by atoms with E-state index in [1.54, 1.807) is 36.4 Å². The van der Waals surface area contributed by atoms with Gasteiger partial charge in [-0.1, -0.05) is 91.0 Å². The Hall–Kier alpha value is -4.50. The molecule has 0 bridgehead atoms. The number of rotatable bonds is 8. The molecule has 196 valence electrons. The van der Waals surface area contributed by atoms with Gasteiger partial charge in [0, 0.05) is 11.3 Å². The number of anilines is 1. The summed E-state index contributed by atoms with van der Waals surface area (Å²) in [5.74, 6) is -0.933. The molecule has 5 rings (SSSR count). The maximum atomic E-state index is 14.0. The third-order valence-electron chi connectivity index (χ3n) is 6.46. The quantitative estimate of drug-likeness (QED) is 0.169. The first-order valence-corrected chi connectivity index (χ1v) is 15.0. The van der Waals surface area contributed by atoms with Gasteiger partial charge in [0.25, 0.3) is 11.8 Å². The van der Waals surface area contributed by atoms with Crippen molar-refractivity contribution in [2.75, 3.05) is 5.32 Å². The number of carbonyl (C=O) groups is 2. The van der Waals surface area contributed by atoms with Crippen LogP contribution >= 0.6 is 18.9 Å². The van der Waals surface area contributed by atoms with Gasteiger partial charge in [0.2, 0.25) is 4.77 Å². The van der Waals surface area contributed by atoms with Gasteiger partial charge in [-0.25, -0.2) is 0 Å². The van der Waals surface area contributed by atoms with E-state index in [1.165, 1.54) is 0 Å². The first kappa shape index (κ1) is 27.1. The number of hydrogen-bond donors (Lipinski definition) is 2. The fourth-order valence-electron chi connectivity index (χ4n) is 4.60. The summed E-state index contributed by atoms with van der Waals surface area (Å²) in [4.78, 5) is 27.5. The Morgan fingerprint density at radius 3 is 1.32 bits per heavy atom. The standard InChI is InChI=1S/C34H26ClN2O2P/c35-32(31(34(39)36-27-18-8-2-9-19-27)37-33(38)26-16-6-1-7-17-26)40(28-20-10-3-11-21-28,29-22-12-4-13-23-29)30-24-14-5-15-25-30/h1-25H,(H-,36,37,38,39)/p+1/b32-31-. The summed E-state index contributed by atoms with van der Waals surface area (Å²) in [6.45, 7) is 0. The van der Waals surface area contributed by atoms with Crippen molar-refractivity contribution in [1.82, 2.24) is 5.32 Å². The maximum absolute atomic E-state index is 14.0. The van der Waals surface area contributed by atoms with Gasteiger partial charge in [-0.3, -0.25) is 9.59 Å². The lowest BCUT2D eigenvalue weighted by molar-refractivity contribution is -0.113. The number of para-hydroxylation sites is 1. The summed E-state index contributed by atoms with van der Waals surface area (Å²) in [6, 6.07) is 47.7. The molecule has 0 saturated heterocycles. The van der Waals surface area contributed by atoms with Crippen molar-refractivity contribution in [2.45, 2.75) is 0 Å². The van der Waals surface area contributed by atoms with Crippen molar-refractivity contribution in [3.63, 3.8) is 0 Å². The third kappa shape index (κ3) is 5.60. The van der Waals surface area contributed by atoms with Crippen LogP contribution in [0.5, 0.6) is 0 Å². The Labute approximate surface area is 239 Å². The van der Waals surface area contributed by atoms with Gasteiger partial charge in [-0.05, 0) is 72.3 Å². The van der Waals surface area contributed by atoms with E-state index in [1.807, 2.05) is 115 Å². The SMILES string of the molecule is O=C(Nc1ccccc1)/C(NC(=O)c1ccccc1)=C(\Cl)[P+](c1ccccc1)(c1ccccc1)c1ccccc1. The molecule has 4 nitrogen and oxygen atoms in total. The fourth-order valence-corrected chi connectivity index (χ4v) is 9.54. The average Bonchev–Trinajstić information content (AvgIpc) is 3.02. The van der Waals surface area contributed by atoms with Crippen molar-refractivity contribution in [1.29, 1.82) is 0 Å². The predicted octanol–water partition coefficient (Wildman–Crippen LogP) is 6.46. The molecule has 5 aromatic rings. The Morgan fingerprint density at radius 1 is 0.525 bits per heavy atom. The lowest BCUT2D eigenvalue weighted by Crippen LogP contribution is -2.37. The van der Waals surface area contributed by atoms with Crippen LogP contribution in [0.3, 0.4) is 0 Å². The summed E-state index contributed by atoms with van der Waals surface area (Å²) in [7, 11) is -2.84. The smallest absolute Gasteiger partial charge is 0.277 e. The number of carbonyl (C=O) groups excluding carboxylic acids is 2. The lowest BCUT2D eigenvalue weighted by atomic mass is 10.2. The molecular formula is C34H27ClN2O2P+. The van der Waals surface area contributed by atoms with Crippen LogP contribution in [0, 0.1) is 0 Å². The summed E-state index contributed by atoms with van der Waals surface area (Å²) < 4.78 is 0.272. The molecule has 0 fully saturated rings. The molecule has 0 aromatic heterocycles. The largest absolute Gasteiger partial charge is 0.321 e. The van der Waals surface area contributed by atoms with Crippen LogP contribution in [0.1, 0.15) is 10.4 Å². The summed E-state index contributed by atoms with van der Waals surface area (Å²) in [5, 5.41) is 8.69. The van der Waals surface area contributed by atoms with Crippen molar-refractivity contribution in [2.24, 2.45) is 0 Å². The van der Waals surface area contributed by atoms with Crippen molar-refractivity contribution in [3.05, 3.63) is 168 Å². The van der Waals surface area contributed by atoms with Crippen molar-refractivity contribution >= 4 is 52.3 Å². The minimum atomic E-state index is -2.84. The van der Waals surface area contributed by atoms with E-state index < -0.39 is 19.1 Å². The second kappa shape index (κ2) is 12.6. The second-order valence-corrected chi connectivity index (χ2v) is 13.0. The first-order chi connectivity index (χ1) is 19.6. The Morgan fingerprint density at radius 2 is 0.900 bits per heavy atom. The molecule has 2 amide bonds. The molecule has 0 unspecified atom stereocenters. The van der Waals surface area contributed by atoms with Gasteiger partial charge in [0.05, 0.1) is 0 Å². The van der Waals surface area contributed by atoms with E-state index in [0.717, 1.165) is 15.9 Å². The van der Waals surface area contributed by atoms with Gasteiger partial charge in [0.15, 0.2) is 13.0 Å². The molecular weight excluding hydrogens is 535 g/mol. The van der Waals surface area contributed by atoms with Crippen molar-refractivity contribution < 1.29 is 9.59 Å². The number of halogens is 1. The normalized spacial score (nSPS) is 11.7. The van der Waals surface area contributed by atoms with E-state index in [0.29, 0.717) is 11.3 Å². The fraction of sp³-hybridized carbons (Fsp3) is 0. The number of amides is 2. The summed E-state index contributed by atoms with van der Waals surface area (Å²) >= 11 is 7.52. The van der Waals surface area contributed by atoms with Crippen LogP contribution in [0.4, 0.5) is 5.69 Å². The summed E-state index contributed by atoms with van der Waals surface area (Å²) in [5.41, 5.74) is 1.01. The zero-order chi connectivity index (χ0) is 27.8. The molecule has 0 spiro atoms. The van der Waals surface area contributed by atoms with Crippen LogP contribution in [0.2, 0.25) is 0 Å². The molecule has 0 heterocycles. The van der Waals surface area contributed by atoms with Gasteiger partial charge in [0.1, 0.15) is 15.9 Å². The predicted molar refractivity (Wildman–Crippen MR) is 167 cm³/mol. The van der Waals surface area contributed by atoms with Gasteiger partial charge in [-0.15, -0.1) is 0 Å². The van der Waals surface area contributed by atoms with Crippen LogP contribution in [-0.4, -0.2) is 11.8 Å². The highest BCUT2D eigenvalue weighted by Crippen LogP contribution is 2.64. The topological polar surface area (TPSA) is 58.2 Å². The third-order valence-corrected chi connectivity index (χ3v) is 11.4. The molecule has 0 radical (unpaired) electrons. The first-order valence-electron chi connectivity index (χ1n) is 12.8. The number of hydrogen-bond acceptors (Lipinski definition) is 2. The minimum Gasteiger partial charge on any atom is -0.321 e. The molecule has 0 aliphatic carbocycles. The molecule has 5 aromatic carbocycles. The Kier molecular flexibility index (Phi) is 8.51. The van der Waals surface area contributed by atoms with Gasteiger partial charge in [-0.2, -0.15) is 0 Å². The lowest BCUT2D eigenvalue weighted by Gasteiger charge is -2.28. The van der Waals surface area contributed by atoms with Crippen LogP contribution < -0.4 is 26.5 Å². The molecule has 0 aliphatic rings. The molecule has 2 N–H and O–H groups in total. The minimum absolute atomic E-state index is 0.00395. The number of nitrogens with one attached hydrogen (secondary N) is 2. The molecule has 6 heteroatoms. The molecule has 0 saturated carbocycles. The highest BCUT2D eigenvalue weighted by molar-refractivity contribution is 8.00. The highest BCUT2D eigenvalue weighted by atomic mass is 35.5. The van der Waals surface area contributed by atoms with Gasteiger partial charge < -0.3 is 10.6 Å². The van der Waals surface area contributed by atoms with Crippen LogP contribution in [-0.2, 0) is 4.79 Å². The van der Waals surface area contributed by atoms with Crippen molar-refractivity contribution in [3.8, 4) is 0 Å². The molecule has 40 heavy (non-hydrogen) atoms. The highest BCUT2D eigenvalue weighted by Gasteiger charge is 2.52. The Balaban J connectivity index is 1.79. The monoisotopic (exact) mass is 561 g/mol. The van der Waals surface area contributed by atoms with E-state index in [-0.39, 0.29) is 10.5 Å². The second-order valence-electron chi connectivity index (χ2n) is 8.98. The van der Waals surface area contributed by atoms with Gasteiger partial charge >= 0.3 is 0 Å². The van der Waals surface area contributed by atoms with E-state index in [9.17, 15) is 9.59 Å². The molecule has 0 aliphatic heterocycles. The van der Waals surface area contributed by atoms with E-state index >= 15 is 0 Å². The van der Waals surface area contributed by atoms with E-state index in [4.69, 9.17) is 11.6 Å². The van der Waals surface area contributed by atoms with Crippen LogP contribution in [0.25, 0.3) is 0 Å². The average molecular weight is 562 g/mol. The zero-order valence-corrected chi connectivity index (χ0v) is 23.2. The molecule has 0 atom stereocenters. The van der Waals surface area contributed by atoms with E-state index in [2.05, 4.69) is 10.6 Å². The Bertz CT molecular complexity index is 1520.